The van der Waals surface area contributed by atoms with Crippen LogP contribution < -0.4 is 9.64 Å². The van der Waals surface area contributed by atoms with Crippen LogP contribution >= 0.6 is 23.4 Å². The summed E-state index contributed by atoms with van der Waals surface area (Å²) in [7, 11) is 0. The molecule has 4 nitrogen and oxygen atoms in total. The van der Waals surface area contributed by atoms with Crippen LogP contribution in [0.4, 0.5) is 5.69 Å². The first kappa shape index (κ1) is 31.4. The van der Waals surface area contributed by atoms with E-state index in [1.807, 2.05) is 30.3 Å². The second kappa shape index (κ2) is 18.3. The van der Waals surface area contributed by atoms with Crippen molar-refractivity contribution >= 4 is 35.0 Å². The SMILES string of the molecule is CCCCCCCCCCCCCCOc1ccc(CN(C(C)=O)c2cccc(CN3C=CSC3)c2)cc1Cl. The molecule has 1 heterocycles. The van der Waals surface area contributed by atoms with E-state index in [0.717, 1.165) is 35.8 Å². The van der Waals surface area contributed by atoms with Crippen molar-refractivity contribution in [2.45, 2.75) is 104 Å². The normalized spacial score (nSPS) is 12.7. The highest BCUT2D eigenvalue weighted by atomic mass is 35.5. The zero-order chi connectivity index (χ0) is 27.7. The number of ether oxygens (including phenoxy) is 1. The molecule has 0 fully saturated rings. The smallest absolute Gasteiger partial charge is 0.224 e. The summed E-state index contributed by atoms with van der Waals surface area (Å²) < 4.78 is 5.98. The molecule has 0 aromatic heterocycles. The molecule has 0 saturated heterocycles. The molecule has 0 atom stereocenters. The van der Waals surface area contributed by atoms with Crippen LogP contribution in [0.1, 0.15) is 102 Å². The first-order valence-corrected chi connectivity index (χ1v) is 16.3. The largest absolute Gasteiger partial charge is 0.492 e. The summed E-state index contributed by atoms with van der Waals surface area (Å²) in [6.45, 7) is 5.88. The molecular formula is C33H47ClN2O2S. The summed E-state index contributed by atoms with van der Waals surface area (Å²) >= 11 is 8.36. The summed E-state index contributed by atoms with van der Waals surface area (Å²) in [6, 6.07) is 14.1. The van der Waals surface area contributed by atoms with Gasteiger partial charge in [-0.15, -0.1) is 11.8 Å². The van der Waals surface area contributed by atoms with Gasteiger partial charge in [0.2, 0.25) is 5.91 Å². The molecule has 1 aliphatic heterocycles. The molecule has 39 heavy (non-hydrogen) atoms. The van der Waals surface area contributed by atoms with Gasteiger partial charge in [-0.25, -0.2) is 0 Å². The number of hydrogen-bond acceptors (Lipinski definition) is 4. The Labute approximate surface area is 246 Å². The second-order valence-corrected chi connectivity index (χ2v) is 11.9. The fourth-order valence-electron chi connectivity index (χ4n) is 4.92. The standard InChI is InChI=1S/C33H47ClN2O2S/c1-3-4-5-6-7-8-9-10-11-12-13-14-21-38-33-19-18-30(24-32(33)34)26-36(28(2)37)31-17-15-16-29(23-31)25-35-20-22-39-27-35/h15-20,22-24H,3-14,21,25-27H2,1-2H3. The van der Waals surface area contributed by atoms with Gasteiger partial charge in [-0.05, 0) is 47.2 Å². The number of halogens is 1. The zero-order valence-corrected chi connectivity index (χ0v) is 25.6. The van der Waals surface area contributed by atoms with Gasteiger partial charge in [0.1, 0.15) is 5.75 Å². The number of thioether (sulfide) groups is 1. The fourth-order valence-corrected chi connectivity index (χ4v) is 5.89. The van der Waals surface area contributed by atoms with Crippen LogP contribution in [0, 0.1) is 0 Å². The lowest BCUT2D eigenvalue weighted by Crippen LogP contribution is -2.28. The third-order valence-corrected chi connectivity index (χ3v) is 8.28. The minimum absolute atomic E-state index is 0.00666. The number of rotatable bonds is 19. The van der Waals surface area contributed by atoms with Crippen molar-refractivity contribution in [3.05, 3.63) is 70.2 Å². The highest BCUT2D eigenvalue weighted by molar-refractivity contribution is 8.02. The molecule has 1 amide bonds. The molecule has 6 heteroatoms. The lowest BCUT2D eigenvalue weighted by molar-refractivity contribution is -0.116. The number of nitrogens with zero attached hydrogens (tertiary/aromatic N) is 2. The van der Waals surface area contributed by atoms with Crippen LogP contribution in [-0.4, -0.2) is 23.3 Å². The molecule has 0 aliphatic carbocycles. The Balaban J connectivity index is 1.37. The van der Waals surface area contributed by atoms with Gasteiger partial charge >= 0.3 is 0 Å². The lowest BCUT2D eigenvalue weighted by atomic mass is 10.1. The zero-order valence-electron chi connectivity index (χ0n) is 24.0. The van der Waals surface area contributed by atoms with Crippen LogP contribution in [0.15, 0.2) is 54.1 Å². The van der Waals surface area contributed by atoms with Crippen molar-refractivity contribution in [3.63, 3.8) is 0 Å². The van der Waals surface area contributed by atoms with Crippen molar-refractivity contribution in [2.24, 2.45) is 0 Å². The number of hydrogen-bond donors (Lipinski definition) is 0. The molecule has 0 saturated carbocycles. The van der Waals surface area contributed by atoms with Crippen LogP contribution in [0.25, 0.3) is 0 Å². The van der Waals surface area contributed by atoms with E-state index in [2.05, 4.69) is 35.6 Å². The van der Waals surface area contributed by atoms with Crippen molar-refractivity contribution in [1.29, 1.82) is 0 Å². The second-order valence-electron chi connectivity index (χ2n) is 10.6. The van der Waals surface area contributed by atoms with E-state index in [1.165, 1.54) is 76.2 Å². The third-order valence-electron chi connectivity index (χ3n) is 7.19. The molecule has 214 valence electrons. The maximum Gasteiger partial charge on any atom is 0.224 e. The average Bonchev–Trinajstić information content (AvgIpc) is 3.44. The number of amides is 1. The van der Waals surface area contributed by atoms with Gasteiger partial charge in [-0.3, -0.25) is 4.79 Å². The maximum atomic E-state index is 12.5. The van der Waals surface area contributed by atoms with E-state index in [-0.39, 0.29) is 5.91 Å². The number of carbonyl (C=O) groups is 1. The molecular weight excluding hydrogens is 524 g/mol. The van der Waals surface area contributed by atoms with Crippen molar-refractivity contribution < 1.29 is 9.53 Å². The van der Waals surface area contributed by atoms with Gasteiger partial charge in [-0.1, -0.05) is 107 Å². The van der Waals surface area contributed by atoms with E-state index in [4.69, 9.17) is 16.3 Å². The summed E-state index contributed by atoms with van der Waals surface area (Å²) in [5.74, 6) is 1.69. The first-order chi connectivity index (χ1) is 19.1. The minimum Gasteiger partial charge on any atom is -0.492 e. The van der Waals surface area contributed by atoms with Crippen LogP contribution in [0.3, 0.4) is 0 Å². The van der Waals surface area contributed by atoms with Gasteiger partial charge in [0.15, 0.2) is 0 Å². The molecule has 1 aliphatic rings. The quantitative estimate of drug-likeness (QED) is 0.157. The van der Waals surface area contributed by atoms with E-state index >= 15 is 0 Å². The van der Waals surface area contributed by atoms with E-state index in [0.29, 0.717) is 18.2 Å². The van der Waals surface area contributed by atoms with Gasteiger partial charge in [-0.2, -0.15) is 0 Å². The Hall–Kier alpha value is -2.11. The van der Waals surface area contributed by atoms with Gasteiger partial charge in [0.25, 0.3) is 0 Å². The molecule has 0 radical (unpaired) electrons. The van der Waals surface area contributed by atoms with Crippen LogP contribution in [0.5, 0.6) is 5.75 Å². The Morgan fingerprint density at radius 3 is 2.23 bits per heavy atom. The Morgan fingerprint density at radius 2 is 1.62 bits per heavy atom. The Kier molecular flexibility index (Phi) is 14.7. The molecule has 0 N–H and O–H groups in total. The highest BCUT2D eigenvalue weighted by Gasteiger charge is 2.15. The predicted octanol–water partition coefficient (Wildman–Crippen LogP) is 9.95. The number of carbonyl (C=O) groups excluding carboxylic acids is 1. The number of anilines is 1. The molecule has 0 unspecified atom stereocenters. The van der Waals surface area contributed by atoms with Gasteiger partial charge in [0.05, 0.1) is 24.1 Å². The van der Waals surface area contributed by atoms with Crippen LogP contribution in [-0.2, 0) is 17.9 Å². The summed E-state index contributed by atoms with van der Waals surface area (Å²) in [5, 5.41) is 2.71. The molecule has 2 aromatic rings. The van der Waals surface area contributed by atoms with Crippen molar-refractivity contribution in [3.8, 4) is 5.75 Å². The summed E-state index contributed by atoms with van der Waals surface area (Å²) in [5.41, 5.74) is 3.07. The Bertz CT molecular complexity index is 1030. The molecule has 2 aromatic carbocycles. The Morgan fingerprint density at radius 1 is 0.923 bits per heavy atom. The fraction of sp³-hybridized carbons (Fsp3) is 0.545. The van der Waals surface area contributed by atoms with E-state index in [1.54, 1.807) is 23.6 Å². The van der Waals surface area contributed by atoms with Gasteiger partial charge in [0, 0.05) is 25.4 Å². The predicted molar refractivity (Wildman–Crippen MR) is 168 cm³/mol. The summed E-state index contributed by atoms with van der Waals surface area (Å²) in [4.78, 5) is 16.6. The monoisotopic (exact) mass is 570 g/mol. The lowest BCUT2D eigenvalue weighted by Gasteiger charge is -2.23. The highest BCUT2D eigenvalue weighted by Crippen LogP contribution is 2.28. The van der Waals surface area contributed by atoms with Gasteiger partial charge < -0.3 is 14.5 Å². The maximum absolute atomic E-state index is 12.5. The average molecular weight is 571 g/mol. The van der Waals surface area contributed by atoms with Crippen molar-refractivity contribution in [2.75, 3.05) is 17.4 Å². The molecule has 0 bridgehead atoms. The van der Waals surface area contributed by atoms with Crippen molar-refractivity contribution in [1.82, 2.24) is 4.90 Å². The number of unbranched alkanes of at least 4 members (excludes halogenated alkanes) is 11. The first-order valence-electron chi connectivity index (χ1n) is 14.9. The number of benzene rings is 2. The third kappa shape index (κ3) is 11.9. The van der Waals surface area contributed by atoms with E-state index < -0.39 is 0 Å². The van der Waals surface area contributed by atoms with E-state index in [9.17, 15) is 4.79 Å². The minimum atomic E-state index is 0.00666. The topological polar surface area (TPSA) is 32.8 Å². The summed E-state index contributed by atoms with van der Waals surface area (Å²) in [6.07, 6.45) is 18.1. The molecule has 3 rings (SSSR count). The van der Waals surface area contributed by atoms with Crippen LogP contribution in [0.2, 0.25) is 5.02 Å². The molecule has 0 spiro atoms.